The van der Waals surface area contributed by atoms with Gasteiger partial charge >= 0.3 is 0 Å². The maximum atomic E-state index is 5.82. The van der Waals surface area contributed by atoms with Crippen LogP contribution in [0.4, 0.5) is 0 Å². The van der Waals surface area contributed by atoms with Gasteiger partial charge in [0.1, 0.15) is 5.01 Å². The van der Waals surface area contributed by atoms with Crippen LogP contribution in [-0.2, 0) is 12.3 Å². The van der Waals surface area contributed by atoms with E-state index in [2.05, 4.69) is 16.9 Å². The van der Waals surface area contributed by atoms with Gasteiger partial charge in [-0.15, -0.1) is 22.9 Å². The van der Waals surface area contributed by atoms with Gasteiger partial charge < -0.3 is 0 Å². The third-order valence-corrected chi connectivity index (χ3v) is 5.07. The van der Waals surface area contributed by atoms with E-state index in [0.717, 1.165) is 17.5 Å². The highest BCUT2D eigenvalue weighted by atomic mass is 35.5. The van der Waals surface area contributed by atoms with Crippen LogP contribution in [0.15, 0.2) is 0 Å². The summed E-state index contributed by atoms with van der Waals surface area (Å²) in [5, 5.41) is 1.10. The summed E-state index contributed by atoms with van der Waals surface area (Å²) in [6, 6.07) is 1.37. The van der Waals surface area contributed by atoms with Gasteiger partial charge in [0.25, 0.3) is 0 Å². The number of aromatic nitrogens is 1. The number of hydrogen-bond acceptors (Lipinski definition) is 3. The number of rotatable bonds is 1. The van der Waals surface area contributed by atoms with Gasteiger partial charge in [0, 0.05) is 23.4 Å². The molecule has 3 rings (SSSR count). The highest BCUT2D eigenvalue weighted by molar-refractivity contribution is 7.12. The van der Waals surface area contributed by atoms with Crippen LogP contribution in [0.25, 0.3) is 0 Å². The zero-order chi connectivity index (χ0) is 9.71. The summed E-state index contributed by atoms with van der Waals surface area (Å²) in [6.45, 7) is 0. The summed E-state index contributed by atoms with van der Waals surface area (Å²) in [4.78, 5) is 8.60. The average molecular weight is 229 g/mol. The summed E-state index contributed by atoms with van der Waals surface area (Å²) in [5.41, 5.74) is 1.33. The van der Waals surface area contributed by atoms with Crippen molar-refractivity contribution in [3.63, 3.8) is 0 Å². The van der Waals surface area contributed by atoms with Crippen LogP contribution in [-0.4, -0.2) is 23.0 Å². The zero-order valence-corrected chi connectivity index (χ0v) is 9.74. The molecule has 0 saturated carbocycles. The quantitative estimate of drug-likeness (QED) is 0.687. The molecule has 4 heteroatoms. The zero-order valence-electron chi connectivity index (χ0n) is 8.16. The molecule has 2 atom stereocenters. The molecular formula is C10H13ClN2S. The average Bonchev–Trinajstić information content (AvgIpc) is 2.69. The molecule has 76 valence electrons. The largest absolute Gasteiger partial charge is 0.295 e. The highest BCUT2D eigenvalue weighted by Gasteiger charge is 2.39. The molecular weight excluding hydrogens is 216 g/mol. The fraction of sp³-hybridized carbons (Fsp3) is 0.700. The number of hydrogen-bond donors (Lipinski definition) is 0. The van der Waals surface area contributed by atoms with E-state index in [1.807, 2.05) is 11.3 Å². The maximum Gasteiger partial charge on any atom is 0.108 e. The lowest BCUT2D eigenvalue weighted by atomic mass is 10.1. The lowest BCUT2D eigenvalue weighted by Crippen LogP contribution is -2.33. The summed E-state index contributed by atoms with van der Waals surface area (Å²) in [5.74, 6) is 0.568. The van der Waals surface area contributed by atoms with Gasteiger partial charge in [0.15, 0.2) is 0 Å². The molecule has 0 amide bonds. The SMILES string of the molecule is CN1C2CCC1c1sc(CCl)nc1C2. The Morgan fingerprint density at radius 3 is 3.21 bits per heavy atom. The van der Waals surface area contributed by atoms with Crippen molar-refractivity contribution in [1.29, 1.82) is 0 Å². The van der Waals surface area contributed by atoms with Crippen LogP contribution in [0.5, 0.6) is 0 Å². The Labute approximate surface area is 92.9 Å². The molecule has 0 radical (unpaired) electrons. The Morgan fingerprint density at radius 2 is 2.43 bits per heavy atom. The van der Waals surface area contributed by atoms with E-state index in [1.165, 1.54) is 23.4 Å². The highest BCUT2D eigenvalue weighted by Crippen LogP contribution is 2.44. The predicted octanol–water partition coefficient (Wildman–Crippen LogP) is 2.57. The Balaban J connectivity index is 2.05. The molecule has 1 saturated heterocycles. The van der Waals surface area contributed by atoms with Gasteiger partial charge in [-0.05, 0) is 19.9 Å². The number of thiazole rings is 1. The van der Waals surface area contributed by atoms with Gasteiger partial charge in [0.2, 0.25) is 0 Å². The monoisotopic (exact) mass is 228 g/mol. The van der Waals surface area contributed by atoms with Crippen molar-refractivity contribution in [2.45, 2.75) is 37.2 Å². The van der Waals surface area contributed by atoms with Crippen LogP contribution >= 0.6 is 22.9 Å². The van der Waals surface area contributed by atoms with Gasteiger partial charge in [-0.1, -0.05) is 0 Å². The molecule has 2 aliphatic rings. The van der Waals surface area contributed by atoms with Crippen molar-refractivity contribution in [3.8, 4) is 0 Å². The first kappa shape index (κ1) is 9.13. The topological polar surface area (TPSA) is 16.1 Å². The van der Waals surface area contributed by atoms with Crippen LogP contribution in [0, 0.1) is 0 Å². The van der Waals surface area contributed by atoms with Gasteiger partial charge in [0.05, 0.1) is 11.6 Å². The lowest BCUT2D eigenvalue weighted by molar-refractivity contribution is 0.226. The van der Waals surface area contributed by atoms with Crippen molar-refractivity contribution in [2.75, 3.05) is 7.05 Å². The van der Waals surface area contributed by atoms with E-state index in [0.29, 0.717) is 11.9 Å². The summed E-state index contributed by atoms with van der Waals surface area (Å²) >= 11 is 7.63. The molecule has 1 aromatic rings. The minimum Gasteiger partial charge on any atom is -0.295 e. The van der Waals surface area contributed by atoms with Crippen LogP contribution in [0.1, 0.15) is 34.5 Å². The molecule has 0 N–H and O–H groups in total. The van der Waals surface area contributed by atoms with E-state index in [-0.39, 0.29) is 0 Å². The molecule has 2 nitrogen and oxygen atoms in total. The second kappa shape index (κ2) is 3.19. The van der Waals surface area contributed by atoms with Crippen molar-refractivity contribution < 1.29 is 0 Å². The minimum absolute atomic E-state index is 0.568. The molecule has 1 aromatic heterocycles. The second-order valence-corrected chi connectivity index (χ2v) is 5.55. The predicted molar refractivity (Wildman–Crippen MR) is 58.9 cm³/mol. The number of alkyl halides is 1. The molecule has 3 heterocycles. The Morgan fingerprint density at radius 1 is 1.57 bits per heavy atom. The number of nitrogens with zero attached hydrogens (tertiary/aromatic N) is 2. The van der Waals surface area contributed by atoms with Gasteiger partial charge in [-0.25, -0.2) is 4.98 Å². The number of halogens is 1. The normalized spacial score (nSPS) is 30.7. The standard InChI is InChI=1S/C10H13ClN2S/c1-13-6-2-3-8(13)10-7(4-6)12-9(5-11)14-10/h6,8H,2-5H2,1H3. The van der Waals surface area contributed by atoms with E-state index < -0.39 is 0 Å². The van der Waals surface area contributed by atoms with E-state index >= 15 is 0 Å². The Kier molecular flexibility index (Phi) is 2.08. The van der Waals surface area contributed by atoms with Crippen LogP contribution < -0.4 is 0 Å². The number of likely N-dealkylation sites (N-methyl/N-ethyl adjacent to an activating group) is 1. The third kappa shape index (κ3) is 1.16. The van der Waals surface area contributed by atoms with Gasteiger partial charge in [-0.2, -0.15) is 0 Å². The first-order chi connectivity index (χ1) is 6.79. The summed E-state index contributed by atoms with van der Waals surface area (Å²) in [6.07, 6.45) is 3.77. The Hall–Kier alpha value is -0.120. The van der Waals surface area contributed by atoms with Gasteiger partial charge in [-0.3, -0.25) is 4.90 Å². The van der Waals surface area contributed by atoms with E-state index in [9.17, 15) is 0 Å². The molecule has 1 fully saturated rings. The van der Waals surface area contributed by atoms with Crippen molar-refractivity contribution in [1.82, 2.24) is 9.88 Å². The Bertz CT molecular complexity index is 363. The van der Waals surface area contributed by atoms with Crippen LogP contribution in [0.2, 0.25) is 0 Å². The maximum absolute atomic E-state index is 5.82. The molecule has 0 aromatic carbocycles. The second-order valence-electron chi connectivity index (χ2n) is 4.17. The molecule has 14 heavy (non-hydrogen) atoms. The minimum atomic E-state index is 0.568. The van der Waals surface area contributed by atoms with Crippen molar-refractivity contribution >= 4 is 22.9 Å². The van der Waals surface area contributed by atoms with Crippen molar-refractivity contribution in [2.24, 2.45) is 0 Å². The van der Waals surface area contributed by atoms with Crippen LogP contribution in [0.3, 0.4) is 0 Å². The van der Waals surface area contributed by atoms with E-state index in [1.54, 1.807) is 0 Å². The molecule has 2 aliphatic heterocycles. The molecule has 2 unspecified atom stereocenters. The fourth-order valence-corrected chi connectivity index (χ4v) is 4.03. The lowest BCUT2D eigenvalue weighted by Gasteiger charge is -2.29. The van der Waals surface area contributed by atoms with E-state index in [4.69, 9.17) is 11.6 Å². The third-order valence-electron chi connectivity index (χ3n) is 3.46. The fourth-order valence-electron chi connectivity index (χ4n) is 2.68. The molecule has 2 bridgehead atoms. The smallest absolute Gasteiger partial charge is 0.108 e. The summed E-state index contributed by atoms with van der Waals surface area (Å²) < 4.78 is 0. The molecule has 0 aliphatic carbocycles. The number of fused-ring (bicyclic) bond motifs is 4. The molecule has 0 spiro atoms. The van der Waals surface area contributed by atoms with Crippen molar-refractivity contribution in [3.05, 3.63) is 15.6 Å². The first-order valence-electron chi connectivity index (χ1n) is 5.06. The summed E-state index contributed by atoms with van der Waals surface area (Å²) in [7, 11) is 2.24. The first-order valence-corrected chi connectivity index (χ1v) is 6.41.